The summed E-state index contributed by atoms with van der Waals surface area (Å²) in [5.74, 6) is -1.06. The lowest BCUT2D eigenvalue weighted by molar-refractivity contribution is -0.141. The van der Waals surface area contributed by atoms with Crippen LogP contribution in [0.3, 0.4) is 0 Å². The number of rotatable bonds is 10. The Morgan fingerprint density at radius 2 is 1.81 bits per heavy atom. The van der Waals surface area contributed by atoms with E-state index >= 15 is 0 Å². The number of carbonyl (C=O) groups is 3. The molecule has 0 spiro atoms. The van der Waals surface area contributed by atoms with Gasteiger partial charge in [0.2, 0.25) is 11.8 Å². The summed E-state index contributed by atoms with van der Waals surface area (Å²) < 4.78 is 5.65. The third-order valence-electron chi connectivity index (χ3n) is 5.97. The topological polar surface area (TPSA) is 87.7 Å². The van der Waals surface area contributed by atoms with Gasteiger partial charge in [0.15, 0.2) is 0 Å². The third kappa shape index (κ3) is 6.72. The Balaban J connectivity index is 1.60. The fourth-order valence-electron chi connectivity index (χ4n) is 4.11. The molecule has 1 fully saturated rings. The van der Waals surface area contributed by atoms with Gasteiger partial charge in [-0.05, 0) is 41.5 Å². The number of carbonyl (C=O) groups excluding carboxylic acids is 3. The molecule has 0 radical (unpaired) electrons. The van der Waals surface area contributed by atoms with Crippen LogP contribution in [0.2, 0.25) is 5.02 Å². The van der Waals surface area contributed by atoms with Gasteiger partial charge in [0, 0.05) is 24.7 Å². The van der Waals surface area contributed by atoms with Crippen molar-refractivity contribution in [2.45, 2.75) is 31.5 Å². The highest BCUT2D eigenvalue weighted by atomic mass is 35.5. The van der Waals surface area contributed by atoms with Crippen LogP contribution in [0.25, 0.3) is 0 Å². The van der Waals surface area contributed by atoms with Crippen molar-refractivity contribution in [3.63, 3.8) is 0 Å². The van der Waals surface area contributed by atoms with E-state index in [4.69, 9.17) is 16.3 Å². The summed E-state index contributed by atoms with van der Waals surface area (Å²) in [4.78, 5) is 41.6. The predicted octanol–water partition coefficient (Wildman–Crippen LogP) is 4.20. The maximum absolute atomic E-state index is 13.6. The van der Waals surface area contributed by atoms with E-state index in [0.717, 1.165) is 12.8 Å². The van der Waals surface area contributed by atoms with Gasteiger partial charge in [0.25, 0.3) is 5.91 Å². The molecule has 188 valence electrons. The van der Waals surface area contributed by atoms with Gasteiger partial charge >= 0.3 is 0 Å². The minimum atomic E-state index is -0.921. The molecule has 4 rings (SSSR count). The molecule has 0 aliphatic carbocycles. The smallest absolute Gasteiger partial charge is 0.261 e. The van der Waals surface area contributed by atoms with Crippen molar-refractivity contribution < 1.29 is 19.1 Å². The van der Waals surface area contributed by atoms with Gasteiger partial charge < -0.3 is 20.3 Å². The van der Waals surface area contributed by atoms with Gasteiger partial charge in [0.05, 0.1) is 17.5 Å². The van der Waals surface area contributed by atoms with Crippen LogP contribution < -0.4 is 10.6 Å². The number of thiophene rings is 1. The molecule has 1 aliphatic rings. The van der Waals surface area contributed by atoms with E-state index in [1.54, 1.807) is 23.6 Å². The monoisotopic (exact) mass is 525 g/mol. The van der Waals surface area contributed by atoms with E-state index in [-0.39, 0.29) is 31.0 Å². The van der Waals surface area contributed by atoms with E-state index in [2.05, 4.69) is 10.6 Å². The van der Waals surface area contributed by atoms with Gasteiger partial charge in [-0.15, -0.1) is 11.3 Å². The van der Waals surface area contributed by atoms with Gasteiger partial charge in [-0.25, -0.2) is 0 Å². The first kappa shape index (κ1) is 25.9. The first-order valence-corrected chi connectivity index (χ1v) is 13.1. The van der Waals surface area contributed by atoms with Crippen LogP contribution in [0, 0.1) is 0 Å². The molecule has 2 aromatic carbocycles. The van der Waals surface area contributed by atoms with Crippen molar-refractivity contribution in [3.8, 4) is 0 Å². The number of ether oxygens (including phenoxy) is 1. The van der Waals surface area contributed by atoms with E-state index in [1.165, 1.54) is 16.2 Å². The summed E-state index contributed by atoms with van der Waals surface area (Å²) in [6, 6.07) is 18.9. The van der Waals surface area contributed by atoms with Crippen LogP contribution >= 0.6 is 22.9 Å². The number of hydrogen-bond donors (Lipinski definition) is 2. The highest BCUT2D eigenvalue weighted by Gasteiger charge is 2.32. The molecule has 2 N–H and O–H groups in total. The fourth-order valence-corrected chi connectivity index (χ4v) is 4.95. The van der Waals surface area contributed by atoms with Crippen molar-refractivity contribution >= 4 is 40.7 Å². The lowest BCUT2D eigenvalue weighted by Crippen LogP contribution is -2.48. The molecule has 2 atom stereocenters. The van der Waals surface area contributed by atoms with Crippen LogP contribution in [-0.4, -0.2) is 48.4 Å². The summed E-state index contributed by atoms with van der Waals surface area (Å²) in [7, 11) is 0. The zero-order chi connectivity index (χ0) is 25.3. The Labute approximate surface area is 219 Å². The first-order valence-electron chi connectivity index (χ1n) is 11.8. The number of halogens is 1. The number of benzene rings is 2. The highest BCUT2D eigenvalue weighted by Crippen LogP contribution is 2.26. The zero-order valence-corrected chi connectivity index (χ0v) is 21.3. The molecule has 3 aromatic rings. The average molecular weight is 526 g/mol. The van der Waals surface area contributed by atoms with Gasteiger partial charge in [0.1, 0.15) is 6.04 Å². The molecule has 0 unspecified atom stereocenters. The molecule has 9 heteroatoms. The lowest BCUT2D eigenvalue weighted by atomic mass is 10.0. The molecule has 3 amide bonds. The number of amides is 3. The average Bonchev–Trinajstić information content (AvgIpc) is 3.62. The number of nitrogens with zero attached hydrogens (tertiary/aromatic N) is 1. The van der Waals surface area contributed by atoms with Crippen LogP contribution in [0.4, 0.5) is 0 Å². The molecule has 2 heterocycles. The molecular weight excluding hydrogens is 498 g/mol. The lowest BCUT2D eigenvalue weighted by Gasteiger charge is -2.32. The van der Waals surface area contributed by atoms with Crippen molar-refractivity contribution in [3.05, 3.63) is 93.1 Å². The largest absolute Gasteiger partial charge is 0.376 e. The molecule has 0 bridgehead atoms. The van der Waals surface area contributed by atoms with Crippen LogP contribution in [0.15, 0.2) is 72.1 Å². The molecule has 1 aliphatic heterocycles. The second kappa shape index (κ2) is 12.7. The third-order valence-corrected chi connectivity index (χ3v) is 7.20. The van der Waals surface area contributed by atoms with E-state index in [9.17, 15) is 14.4 Å². The minimum Gasteiger partial charge on any atom is -0.376 e. The fraction of sp³-hybridized carbons (Fsp3) is 0.296. The Kier molecular flexibility index (Phi) is 9.11. The molecule has 7 nitrogen and oxygen atoms in total. The van der Waals surface area contributed by atoms with Gasteiger partial charge in [-0.3, -0.25) is 14.4 Å². The predicted molar refractivity (Wildman–Crippen MR) is 140 cm³/mol. The van der Waals surface area contributed by atoms with E-state index in [1.807, 2.05) is 48.5 Å². The minimum absolute atomic E-state index is 0.0387. The van der Waals surface area contributed by atoms with E-state index < -0.39 is 11.9 Å². The summed E-state index contributed by atoms with van der Waals surface area (Å²) in [6.45, 7) is 0.888. The van der Waals surface area contributed by atoms with Crippen molar-refractivity contribution in [1.29, 1.82) is 0 Å². The quantitative estimate of drug-likeness (QED) is 0.415. The number of hydrogen-bond acceptors (Lipinski definition) is 5. The number of nitrogens with one attached hydrogen (secondary N) is 2. The molecular formula is C27H28ClN3O4S. The Hall–Kier alpha value is -3.20. The molecule has 0 saturated carbocycles. The van der Waals surface area contributed by atoms with Crippen LogP contribution in [-0.2, 0) is 20.9 Å². The molecule has 1 saturated heterocycles. The van der Waals surface area contributed by atoms with E-state index in [0.29, 0.717) is 34.2 Å². The summed E-state index contributed by atoms with van der Waals surface area (Å²) in [6.07, 6.45) is 1.81. The normalized spacial score (nSPS) is 15.8. The maximum Gasteiger partial charge on any atom is 0.261 e. The van der Waals surface area contributed by atoms with Crippen molar-refractivity contribution in [2.75, 3.05) is 19.7 Å². The Morgan fingerprint density at radius 1 is 1.03 bits per heavy atom. The molecule has 1 aromatic heterocycles. The van der Waals surface area contributed by atoms with Crippen molar-refractivity contribution in [2.24, 2.45) is 0 Å². The second-order valence-corrected chi connectivity index (χ2v) is 9.82. The van der Waals surface area contributed by atoms with Crippen LogP contribution in [0.5, 0.6) is 0 Å². The summed E-state index contributed by atoms with van der Waals surface area (Å²) in [5.41, 5.74) is 1.36. The highest BCUT2D eigenvalue weighted by molar-refractivity contribution is 7.12. The SMILES string of the molecule is O=C(NCC(=O)N(Cc1ccccc1Cl)[C@@H](C(=O)NC[C@H]1CCCO1)c1ccccc1)c1cccs1. The second-order valence-electron chi connectivity index (χ2n) is 8.47. The summed E-state index contributed by atoms with van der Waals surface area (Å²) >= 11 is 7.71. The van der Waals surface area contributed by atoms with Crippen LogP contribution in [0.1, 0.15) is 39.7 Å². The maximum atomic E-state index is 13.6. The standard InChI is InChI=1S/C27H28ClN3O4S/c28-22-12-5-4-10-20(22)18-31(24(32)17-30-26(33)23-13-7-15-36-23)25(19-8-2-1-3-9-19)27(34)29-16-21-11-6-14-35-21/h1-5,7-10,12-13,15,21,25H,6,11,14,16-18H2,(H,29,34)(H,30,33)/t21-,25-/m1/s1. The summed E-state index contributed by atoms with van der Waals surface area (Å²) in [5, 5.41) is 7.94. The van der Waals surface area contributed by atoms with Gasteiger partial charge in [-0.1, -0.05) is 66.2 Å². The first-order chi connectivity index (χ1) is 17.5. The Bertz CT molecular complexity index is 1170. The Morgan fingerprint density at radius 3 is 2.50 bits per heavy atom. The van der Waals surface area contributed by atoms with Gasteiger partial charge in [-0.2, -0.15) is 0 Å². The molecule has 36 heavy (non-hydrogen) atoms. The zero-order valence-electron chi connectivity index (χ0n) is 19.7. The van der Waals surface area contributed by atoms with Crippen molar-refractivity contribution in [1.82, 2.24) is 15.5 Å².